The van der Waals surface area contributed by atoms with E-state index in [0.717, 1.165) is 18.8 Å². The normalized spacial score (nSPS) is 19.4. The summed E-state index contributed by atoms with van der Waals surface area (Å²) in [6.07, 6.45) is 5.63. The van der Waals surface area contributed by atoms with Gasteiger partial charge in [-0.25, -0.2) is 0 Å². The summed E-state index contributed by atoms with van der Waals surface area (Å²) in [5.41, 5.74) is 1.19. The average Bonchev–Trinajstić information content (AvgIpc) is 3.08. The summed E-state index contributed by atoms with van der Waals surface area (Å²) in [5.74, 6) is 0.920. The standard InChI is InChI=1S/C13H16O2/c1-2-3-5-11-6-4-7-12(8-11)14-9-13-10-15-13/h3-8,13H,2,9-10H2,1H3/b5-3+. The summed E-state index contributed by atoms with van der Waals surface area (Å²) >= 11 is 0. The molecule has 1 aromatic rings. The Morgan fingerprint density at radius 1 is 1.53 bits per heavy atom. The predicted octanol–water partition coefficient (Wildman–Crippen LogP) is 2.89. The Labute approximate surface area is 90.5 Å². The third-order valence-electron chi connectivity index (χ3n) is 2.24. The first-order valence-corrected chi connectivity index (χ1v) is 5.39. The first-order valence-electron chi connectivity index (χ1n) is 5.39. The molecule has 2 heteroatoms. The van der Waals surface area contributed by atoms with E-state index in [-0.39, 0.29) is 0 Å². The number of benzene rings is 1. The molecule has 0 aliphatic carbocycles. The van der Waals surface area contributed by atoms with Crippen LogP contribution in [0.1, 0.15) is 18.9 Å². The van der Waals surface area contributed by atoms with E-state index in [1.165, 1.54) is 5.56 Å². The molecule has 1 unspecified atom stereocenters. The van der Waals surface area contributed by atoms with Crippen molar-refractivity contribution in [3.05, 3.63) is 35.9 Å². The Morgan fingerprint density at radius 2 is 2.40 bits per heavy atom. The van der Waals surface area contributed by atoms with E-state index >= 15 is 0 Å². The van der Waals surface area contributed by atoms with Crippen LogP contribution in [-0.2, 0) is 4.74 Å². The third kappa shape index (κ3) is 3.40. The van der Waals surface area contributed by atoms with Crippen LogP contribution in [0, 0.1) is 0 Å². The molecule has 1 saturated heterocycles. The zero-order valence-corrected chi connectivity index (χ0v) is 8.98. The second kappa shape index (κ2) is 4.99. The lowest BCUT2D eigenvalue weighted by Crippen LogP contribution is -2.03. The fourth-order valence-electron chi connectivity index (χ4n) is 1.32. The van der Waals surface area contributed by atoms with Gasteiger partial charge in [-0.2, -0.15) is 0 Å². The van der Waals surface area contributed by atoms with Crippen molar-refractivity contribution >= 4 is 6.08 Å². The highest BCUT2D eigenvalue weighted by Gasteiger charge is 2.22. The van der Waals surface area contributed by atoms with Crippen molar-refractivity contribution in [2.75, 3.05) is 13.2 Å². The maximum absolute atomic E-state index is 5.59. The van der Waals surface area contributed by atoms with Crippen LogP contribution in [0.5, 0.6) is 5.75 Å². The van der Waals surface area contributed by atoms with Crippen LogP contribution < -0.4 is 4.74 Å². The molecular formula is C13H16O2. The van der Waals surface area contributed by atoms with E-state index in [0.29, 0.717) is 12.7 Å². The molecule has 0 bridgehead atoms. The molecule has 15 heavy (non-hydrogen) atoms. The number of epoxide rings is 1. The van der Waals surface area contributed by atoms with Crippen LogP contribution in [-0.4, -0.2) is 19.3 Å². The van der Waals surface area contributed by atoms with Crippen molar-refractivity contribution in [1.29, 1.82) is 0 Å². The average molecular weight is 204 g/mol. The van der Waals surface area contributed by atoms with Crippen LogP contribution >= 0.6 is 0 Å². The van der Waals surface area contributed by atoms with Crippen LogP contribution in [0.25, 0.3) is 6.08 Å². The topological polar surface area (TPSA) is 21.8 Å². The summed E-state index contributed by atoms with van der Waals surface area (Å²) < 4.78 is 10.7. The number of allylic oxidation sites excluding steroid dienone is 1. The largest absolute Gasteiger partial charge is 0.491 e. The van der Waals surface area contributed by atoms with E-state index in [2.05, 4.69) is 31.2 Å². The Hall–Kier alpha value is -1.28. The lowest BCUT2D eigenvalue weighted by Gasteiger charge is -2.04. The lowest BCUT2D eigenvalue weighted by molar-refractivity contribution is 0.263. The zero-order valence-electron chi connectivity index (χ0n) is 8.98. The van der Waals surface area contributed by atoms with Crippen molar-refractivity contribution in [2.24, 2.45) is 0 Å². The summed E-state index contributed by atoms with van der Waals surface area (Å²) in [5, 5.41) is 0. The molecule has 1 aliphatic heterocycles. The van der Waals surface area contributed by atoms with Gasteiger partial charge in [0.2, 0.25) is 0 Å². The monoisotopic (exact) mass is 204 g/mol. The second-order valence-corrected chi connectivity index (χ2v) is 3.65. The van der Waals surface area contributed by atoms with E-state index < -0.39 is 0 Å². The minimum Gasteiger partial charge on any atom is -0.491 e. The highest BCUT2D eigenvalue weighted by Crippen LogP contribution is 2.17. The fourth-order valence-corrected chi connectivity index (χ4v) is 1.32. The third-order valence-corrected chi connectivity index (χ3v) is 2.24. The number of hydrogen-bond acceptors (Lipinski definition) is 2. The quantitative estimate of drug-likeness (QED) is 0.688. The second-order valence-electron chi connectivity index (χ2n) is 3.65. The molecule has 1 aromatic carbocycles. The Balaban J connectivity index is 1.94. The number of ether oxygens (including phenoxy) is 2. The molecule has 1 atom stereocenters. The van der Waals surface area contributed by atoms with Crippen LogP contribution in [0.2, 0.25) is 0 Å². The van der Waals surface area contributed by atoms with Crippen LogP contribution in [0.3, 0.4) is 0 Å². The van der Waals surface area contributed by atoms with Gasteiger partial charge in [0.25, 0.3) is 0 Å². The fraction of sp³-hybridized carbons (Fsp3) is 0.385. The van der Waals surface area contributed by atoms with Crippen LogP contribution in [0.4, 0.5) is 0 Å². The van der Waals surface area contributed by atoms with Crippen LogP contribution in [0.15, 0.2) is 30.3 Å². The number of rotatable bonds is 5. The van der Waals surface area contributed by atoms with E-state index in [4.69, 9.17) is 9.47 Å². The molecule has 1 aliphatic rings. The van der Waals surface area contributed by atoms with Gasteiger partial charge in [-0.05, 0) is 24.1 Å². The van der Waals surface area contributed by atoms with Gasteiger partial charge in [0, 0.05) is 0 Å². The molecule has 0 saturated carbocycles. The first kappa shape index (κ1) is 10.2. The minimum absolute atomic E-state index is 0.319. The molecule has 0 spiro atoms. The van der Waals surface area contributed by atoms with Gasteiger partial charge in [-0.3, -0.25) is 0 Å². The Kier molecular flexibility index (Phi) is 3.41. The zero-order chi connectivity index (χ0) is 10.5. The molecule has 1 heterocycles. The molecule has 2 nitrogen and oxygen atoms in total. The smallest absolute Gasteiger partial charge is 0.120 e. The Morgan fingerprint density at radius 3 is 3.13 bits per heavy atom. The summed E-state index contributed by atoms with van der Waals surface area (Å²) in [7, 11) is 0. The lowest BCUT2D eigenvalue weighted by atomic mass is 10.2. The van der Waals surface area contributed by atoms with Gasteiger partial charge < -0.3 is 9.47 Å². The molecule has 0 radical (unpaired) electrons. The molecule has 1 fully saturated rings. The van der Waals surface area contributed by atoms with Gasteiger partial charge in [-0.1, -0.05) is 31.2 Å². The molecular weight excluding hydrogens is 188 g/mol. The molecule has 0 amide bonds. The van der Waals surface area contributed by atoms with Crippen molar-refractivity contribution in [1.82, 2.24) is 0 Å². The van der Waals surface area contributed by atoms with Crippen molar-refractivity contribution < 1.29 is 9.47 Å². The SMILES string of the molecule is CC/C=C/c1cccc(OCC2CO2)c1. The number of hydrogen-bond donors (Lipinski definition) is 0. The van der Waals surface area contributed by atoms with Gasteiger partial charge in [-0.15, -0.1) is 0 Å². The van der Waals surface area contributed by atoms with E-state index in [9.17, 15) is 0 Å². The van der Waals surface area contributed by atoms with Crippen molar-refractivity contribution in [3.63, 3.8) is 0 Å². The molecule has 2 rings (SSSR count). The predicted molar refractivity (Wildman–Crippen MR) is 61.0 cm³/mol. The van der Waals surface area contributed by atoms with Gasteiger partial charge in [0.05, 0.1) is 6.61 Å². The first-order chi connectivity index (χ1) is 7.38. The maximum atomic E-state index is 5.59. The molecule has 80 valence electrons. The summed E-state index contributed by atoms with van der Waals surface area (Å²) in [6.45, 7) is 3.64. The molecule has 0 aromatic heterocycles. The van der Waals surface area contributed by atoms with Gasteiger partial charge >= 0.3 is 0 Å². The van der Waals surface area contributed by atoms with Gasteiger partial charge in [0.1, 0.15) is 18.5 Å². The highest BCUT2D eigenvalue weighted by atomic mass is 16.6. The highest BCUT2D eigenvalue weighted by molar-refractivity contribution is 5.51. The van der Waals surface area contributed by atoms with Gasteiger partial charge in [0.15, 0.2) is 0 Å². The minimum atomic E-state index is 0.319. The summed E-state index contributed by atoms with van der Waals surface area (Å²) in [4.78, 5) is 0. The van der Waals surface area contributed by atoms with Crippen molar-refractivity contribution in [2.45, 2.75) is 19.4 Å². The maximum Gasteiger partial charge on any atom is 0.120 e. The summed E-state index contributed by atoms with van der Waals surface area (Å²) in [6, 6.07) is 8.12. The Bertz CT molecular complexity index is 340. The van der Waals surface area contributed by atoms with Crippen molar-refractivity contribution in [3.8, 4) is 5.75 Å². The molecule has 0 N–H and O–H groups in total. The van der Waals surface area contributed by atoms with E-state index in [1.807, 2.05) is 12.1 Å². The van der Waals surface area contributed by atoms with E-state index in [1.54, 1.807) is 0 Å².